The number of hydrogen-bond acceptors (Lipinski definition) is 3. The number of nitrogens with zero attached hydrogens (tertiary/aromatic N) is 2. The molecule has 2 aromatic carbocycles. The third kappa shape index (κ3) is 3.00. The summed E-state index contributed by atoms with van der Waals surface area (Å²) in [6.45, 7) is 2.45. The molecule has 0 N–H and O–H groups in total. The van der Waals surface area contributed by atoms with Crippen LogP contribution in [0.25, 0.3) is 10.2 Å². The Labute approximate surface area is 132 Å². The number of hydrogen-bond donors (Lipinski definition) is 0. The van der Waals surface area contributed by atoms with Crippen LogP contribution in [0.2, 0.25) is 0 Å². The smallest absolute Gasteiger partial charge is 0.130 e. The maximum Gasteiger partial charge on any atom is 0.130 e. The van der Waals surface area contributed by atoms with Crippen LogP contribution in [0.3, 0.4) is 0 Å². The first-order valence-corrected chi connectivity index (χ1v) is 7.86. The highest BCUT2D eigenvalue weighted by molar-refractivity contribution is 7.18. The molecule has 5 heteroatoms. The van der Waals surface area contributed by atoms with E-state index in [1.54, 1.807) is 11.3 Å². The van der Waals surface area contributed by atoms with Crippen LogP contribution in [0.15, 0.2) is 42.5 Å². The maximum absolute atomic E-state index is 13.8. The van der Waals surface area contributed by atoms with Crippen LogP contribution in [-0.2, 0) is 6.54 Å². The second-order valence-electron chi connectivity index (χ2n) is 5.35. The summed E-state index contributed by atoms with van der Waals surface area (Å²) in [7, 11) is 1.92. The Morgan fingerprint density at radius 3 is 2.68 bits per heavy atom. The number of fused-ring (bicyclic) bond motifs is 1. The summed E-state index contributed by atoms with van der Waals surface area (Å²) in [5.41, 5.74) is 1.47. The molecule has 3 aromatic rings. The molecule has 0 amide bonds. The summed E-state index contributed by atoms with van der Waals surface area (Å²) < 4.78 is 27.9. The van der Waals surface area contributed by atoms with Gasteiger partial charge in [-0.3, -0.25) is 4.90 Å². The fraction of sp³-hybridized carbons (Fsp3) is 0.235. The van der Waals surface area contributed by atoms with Crippen molar-refractivity contribution in [1.29, 1.82) is 0 Å². The van der Waals surface area contributed by atoms with Gasteiger partial charge < -0.3 is 0 Å². The second kappa shape index (κ2) is 6.10. The van der Waals surface area contributed by atoms with Crippen molar-refractivity contribution in [3.8, 4) is 0 Å². The van der Waals surface area contributed by atoms with Crippen molar-refractivity contribution >= 4 is 21.6 Å². The zero-order valence-electron chi connectivity index (χ0n) is 12.4. The molecule has 1 aromatic heterocycles. The van der Waals surface area contributed by atoms with Crippen LogP contribution in [0.1, 0.15) is 23.5 Å². The molecule has 1 unspecified atom stereocenters. The highest BCUT2D eigenvalue weighted by Gasteiger charge is 2.17. The minimum absolute atomic E-state index is 0.0573. The first-order chi connectivity index (χ1) is 10.5. The third-order valence-corrected chi connectivity index (χ3v) is 4.97. The lowest BCUT2D eigenvalue weighted by Gasteiger charge is -2.23. The van der Waals surface area contributed by atoms with E-state index in [1.165, 1.54) is 12.1 Å². The average Bonchev–Trinajstić information content (AvgIpc) is 2.93. The van der Waals surface area contributed by atoms with Crippen molar-refractivity contribution in [2.45, 2.75) is 19.5 Å². The van der Waals surface area contributed by atoms with Crippen molar-refractivity contribution in [3.63, 3.8) is 0 Å². The number of thiazole rings is 1. The molecule has 0 aliphatic heterocycles. The molecule has 1 heterocycles. The number of aromatic nitrogens is 1. The molecule has 0 saturated heterocycles. The molecule has 0 saturated carbocycles. The Kier molecular flexibility index (Phi) is 4.18. The van der Waals surface area contributed by atoms with Crippen LogP contribution < -0.4 is 0 Å². The van der Waals surface area contributed by atoms with E-state index in [1.807, 2.05) is 43.1 Å². The fourth-order valence-electron chi connectivity index (χ4n) is 2.31. The minimum Gasteiger partial charge on any atom is -0.293 e. The molecule has 2 nitrogen and oxygen atoms in total. The van der Waals surface area contributed by atoms with Gasteiger partial charge >= 0.3 is 0 Å². The van der Waals surface area contributed by atoms with Gasteiger partial charge in [-0.05, 0) is 32.2 Å². The largest absolute Gasteiger partial charge is 0.293 e. The van der Waals surface area contributed by atoms with Crippen LogP contribution in [0.5, 0.6) is 0 Å². The molecule has 0 spiro atoms. The standard InChI is InChI=1S/C17H16F2N2S/c1-11(17-20-15-5-3-4-6-16(15)22-17)21(2)10-12-7-8-13(18)9-14(12)19/h3-9,11H,10H2,1-2H3. The summed E-state index contributed by atoms with van der Waals surface area (Å²) in [4.78, 5) is 6.64. The molecule has 0 aliphatic rings. The predicted octanol–water partition coefficient (Wildman–Crippen LogP) is 4.77. The van der Waals surface area contributed by atoms with Crippen LogP contribution in [0.4, 0.5) is 8.78 Å². The van der Waals surface area contributed by atoms with Gasteiger partial charge in [0, 0.05) is 18.2 Å². The number of benzene rings is 2. The lowest BCUT2D eigenvalue weighted by atomic mass is 10.2. The van der Waals surface area contributed by atoms with E-state index >= 15 is 0 Å². The van der Waals surface area contributed by atoms with Crippen molar-refractivity contribution in [2.75, 3.05) is 7.05 Å². The second-order valence-corrected chi connectivity index (χ2v) is 6.41. The lowest BCUT2D eigenvalue weighted by molar-refractivity contribution is 0.249. The molecule has 22 heavy (non-hydrogen) atoms. The fourth-order valence-corrected chi connectivity index (χ4v) is 3.40. The number of para-hydroxylation sites is 1. The molecule has 3 rings (SSSR count). The third-order valence-electron chi connectivity index (χ3n) is 3.76. The van der Waals surface area contributed by atoms with E-state index in [9.17, 15) is 8.78 Å². The maximum atomic E-state index is 13.8. The van der Waals surface area contributed by atoms with Crippen LogP contribution in [0, 0.1) is 11.6 Å². The summed E-state index contributed by atoms with van der Waals surface area (Å²) in [5, 5.41) is 0.992. The molecular weight excluding hydrogens is 302 g/mol. The van der Waals surface area contributed by atoms with Crippen LogP contribution >= 0.6 is 11.3 Å². The number of halogens is 2. The summed E-state index contributed by atoms with van der Waals surface area (Å²) in [6.07, 6.45) is 0. The normalized spacial score (nSPS) is 13.0. The summed E-state index contributed by atoms with van der Waals surface area (Å²) in [5.74, 6) is -1.06. The van der Waals surface area contributed by atoms with Gasteiger partial charge in [0.25, 0.3) is 0 Å². The van der Waals surface area contributed by atoms with Gasteiger partial charge in [0.1, 0.15) is 16.6 Å². The van der Waals surface area contributed by atoms with E-state index in [-0.39, 0.29) is 6.04 Å². The molecule has 0 aliphatic carbocycles. The van der Waals surface area contributed by atoms with Crippen molar-refractivity contribution in [3.05, 3.63) is 64.7 Å². The molecule has 0 bridgehead atoms. The van der Waals surface area contributed by atoms with Gasteiger partial charge in [0.05, 0.1) is 16.3 Å². The Morgan fingerprint density at radius 2 is 1.95 bits per heavy atom. The highest BCUT2D eigenvalue weighted by Crippen LogP contribution is 2.29. The van der Waals surface area contributed by atoms with Gasteiger partial charge in [0.2, 0.25) is 0 Å². The molecular formula is C17H16F2N2S. The van der Waals surface area contributed by atoms with E-state index in [4.69, 9.17) is 0 Å². The summed E-state index contributed by atoms with van der Waals surface area (Å²) in [6, 6.07) is 11.7. The van der Waals surface area contributed by atoms with E-state index in [0.29, 0.717) is 12.1 Å². The van der Waals surface area contributed by atoms with Crippen LogP contribution in [-0.4, -0.2) is 16.9 Å². The zero-order chi connectivity index (χ0) is 15.7. The van der Waals surface area contributed by atoms with Crippen molar-refractivity contribution in [2.24, 2.45) is 0 Å². The van der Waals surface area contributed by atoms with Crippen molar-refractivity contribution < 1.29 is 8.78 Å². The van der Waals surface area contributed by atoms with E-state index < -0.39 is 11.6 Å². The predicted molar refractivity (Wildman–Crippen MR) is 85.9 cm³/mol. The Balaban J connectivity index is 1.80. The average molecular weight is 318 g/mol. The van der Waals surface area contributed by atoms with E-state index in [2.05, 4.69) is 4.98 Å². The molecule has 114 valence electrons. The Bertz CT molecular complexity index is 767. The topological polar surface area (TPSA) is 16.1 Å². The molecule has 0 radical (unpaired) electrons. The Hall–Kier alpha value is -1.85. The van der Waals surface area contributed by atoms with Gasteiger partial charge in [-0.25, -0.2) is 13.8 Å². The highest BCUT2D eigenvalue weighted by atomic mass is 32.1. The lowest BCUT2D eigenvalue weighted by Crippen LogP contribution is -2.22. The van der Waals surface area contributed by atoms with Gasteiger partial charge in [0.15, 0.2) is 0 Å². The number of rotatable bonds is 4. The molecule has 0 fully saturated rings. The summed E-state index contributed by atoms with van der Waals surface area (Å²) >= 11 is 1.64. The first-order valence-electron chi connectivity index (χ1n) is 7.04. The quantitative estimate of drug-likeness (QED) is 0.689. The minimum atomic E-state index is -0.553. The van der Waals surface area contributed by atoms with E-state index in [0.717, 1.165) is 21.3 Å². The Morgan fingerprint density at radius 1 is 1.18 bits per heavy atom. The monoisotopic (exact) mass is 318 g/mol. The van der Waals surface area contributed by atoms with Gasteiger partial charge in [-0.2, -0.15) is 0 Å². The van der Waals surface area contributed by atoms with Gasteiger partial charge in [-0.1, -0.05) is 18.2 Å². The van der Waals surface area contributed by atoms with Crippen molar-refractivity contribution in [1.82, 2.24) is 9.88 Å². The zero-order valence-corrected chi connectivity index (χ0v) is 13.2. The SMILES string of the molecule is CC(c1nc2ccccc2s1)N(C)Cc1ccc(F)cc1F. The van der Waals surface area contributed by atoms with Gasteiger partial charge in [-0.15, -0.1) is 11.3 Å². The first kappa shape index (κ1) is 15.1. The molecule has 1 atom stereocenters.